The molecule has 0 amide bonds. The smallest absolute Gasteiger partial charge is 0.193 e. The summed E-state index contributed by atoms with van der Waals surface area (Å²) in [6, 6.07) is 0.666. The molecule has 1 aliphatic carbocycles. The Morgan fingerprint density at radius 1 is 1.39 bits per heavy atom. The van der Waals surface area contributed by atoms with Crippen molar-refractivity contribution in [1.29, 1.82) is 0 Å². The van der Waals surface area contributed by atoms with Crippen molar-refractivity contribution in [2.75, 3.05) is 33.4 Å². The van der Waals surface area contributed by atoms with E-state index in [9.17, 15) is 0 Å². The minimum absolute atomic E-state index is 0. The SMILES string of the molecule is CCOCC1CCN(C(=NC)NC2CCC2)C1.I. The molecule has 0 spiro atoms. The third kappa shape index (κ3) is 4.26. The normalized spacial score (nSPS) is 24.7. The lowest BCUT2D eigenvalue weighted by Crippen LogP contribution is -2.47. The minimum atomic E-state index is 0. The van der Waals surface area contributed by atoms with Gasteiger partial charge in [-0.2, -0.15) is 0 Å². The highest BCUT2D eigenvalue weighted by molar-refractivity contribution is 14.0. The van der Waals surface area contributed by atoms with Gasteiger partial charge in [-0.15, -0.1) is 24.0 Å². The van der Waals surface area contributed by atoms with E-state index in [2.05, 4.69) is 22.1 Å². The molecule has 1 N–H and O–H groups in total. The van der Waals surface area contributed by atoms with Gasteiger partial charge in [0, 0.05) is 38.7 Å². The van der Waals surface area contributed by atoms with E-state index < -0.39 is 0 Å². The molecule has 1 aliphatic heterocycles. The van der Waals surface area contributed by atoms with E-state index in [0.29, 0.717) is 12.0 Å². The van der Waals surface area contributed by atoms with Gasteiger partial charge in [-0.3, -0.25) is 4.99 Å². The summed E-state index contributed by atoms with van der Waals surface area (Å²) in [5, 5.41) is 3.56. The number of guanidine groups is 1. The first-order chi connectivity index (χ1) is 8.33. The van der Waals surface area contributed by atoms with Gasteiger partial charge in [0.15, 0.2) is 5.96 Å². The van der Waals surface area contributed by atoms with Gasteiger partial charge in [0.1, 0.15) is 0 Å². The zero-order valence-corrected chi connectivity index (χ0v) is 13.9. The molecule has 1 unspecified atom stereocenters. The van der Waals surface area contributed by atoms with Crippen molar-refractivity contribution in [3.8, 4) is 0 Å². The van der Waals surface area contributed by atoms with Crippen LogP contribution in [-0.2, 0) is 4.74 Å². The molecule has 1 saturated carbocycles. The fourth-order valence-corrected chi connectivity index (χ4v) is 2.48. The summed E-state index contributed by atoms with van der Waals surface area (Å²) in [7, 11) is 1.89. The number of nitrogens with one attached hydrogen (secondary N) is 1. The van der Waals surface area contributed by atoms with Crippen molar-refractivity contribution in [2.24, 2.45) is 10.9 Å². The first-order valence-electron chi connectivity index (χ1n) is 6.89. The van der Waals surface area contributed by atoms with Crippen LogP contribution < -0.4 is 5.32 Å². The van der Waals surface area contributed by atoms with E-state index in [4.69, 9.17) is 4.74 Å². The zero-order chi connectivity index (χ0) is 12.1. The number of likely N-dealkylation sites (tertiary alicyclic amines) is 1. The molecule has 0 aromatic carbocycles. The molecule has 5 heteroatoms. The molecule has 0 aromatic heterocycles. The quantitative estimate of drug-likeness (QED) is 0.470. The Morgan fingerprint density at radius 2 is 2.17 bits per heavy atom. The molecule has 106 valence electrons. The summed E-state index contributed by atoms with van der Waals surface area (Å²) in [4.78, 5) is 6.77. The van der Waals surface area contributed by atoms with Crippen LogP contribution >= 0.6 is 24.0 Å². The number of rotatable bonds is 4. The number of nitrogens with zero attached hydrogens (tertiary/aromatic N) is 2. The average molecular weight is 367 g/mol. The Hall–Kier alpha value is -0.0400. The van der Waals surface area contributed by atoms with Gasteiger partial charge in [0.05, 0.1) is 6.61 Å². The van der Waals surface area contributed by atoms with Crippen molar-refractivity contribution in [3.05, 3.63) is 0 Å². The highest BCUT2D eigenvalue weighted by Gasteiger charge is 2.27. The molecule has 0 radical (unpaired) electrons. The van der Waals surface area contributed by atoms with Crippen LogP contribution in [0.5, 0.6) is 0 Å². The topological polar surface area (TPSA) is 36.9 Å². The van der Waals surface area contributed by atoms with Crippen molar-refractivity contribution in [2.45, 2.75) is 38.6 Å². The molecule has 4 nitrogen and oxygen atoms in total. The van der Waals surface area contributed by atoms with Crippen LogP contribution in [0, 0.1) is 5.92 Å². The van der Waals surface area contributed by atoms with Crippen LogP contribution in [0.25, 0.3) is 0 Å². The third-order valence-electron chi connectivity index (χ3n) is 3.79. The van der Waals surface area contributed by atoms with Crippen molar-refractivity contribution in [1.82, 2.24) is 10.2 Å². The summed E-state index contributed by atoms with van der Waals surface area (Å²) >= 11 is 0. The van der Waals surface area contributed by atoms with E-state index in [1.54, 1.807) is 0 Å². The van der Waals surface area contributed by atoms with Crippen LogP contribution in [0.15, 0.2) is 4.99 Å². The van der Waals surface area contributed by atoms with Crippen molar-refractivity contribution < 1.29 is 4.74 Å². The molecule has 1 saturated heterocycles. The fourth-order valence-electron chi connectivity index (χ4n) is 2.48. The molecule has 2 fully saturated rings. The van der Waals surface area contributed by atoms with Crippen LogP contribution in [0.2, 0.25) is 0 Å². The van der Waals surface area contributed by atoms with Crippen molar-refractivity contribution >= 4 is 29.9 Å². The molecular formula is C13H26IN3O. The monoisotopic (exact) mass is 367 g/mol. The second-order valence-electron chi connectivity index (χ2n) is 5.08. The standard InChI is InChI=1S/C13H25N3O.HI/c1-3-17-10-11-7-8-16(9-11)13(14-2)15-12-5-4-6-12;/h11-12H,3-10H2,1-2H3,(H,14,15);1H. The maximum absolute atomic E-state index is 5.51. The maximum atomic E-state index is 5.51. The maximum Gasteiger partial charge on any atom is 0.193 e. The molecule has 2 rings (SSSR count). The van der Waals surface area contributed by atoms with Gasteiger partial charge < -0.3 is 15.0 Å². The summed E-state index contributed by atoms with van der Waals surface area (Å²) in [5.74, 6) is 1.77. The Labute approximate surface area is 128 Å². The molecular weight excluding hydrogens is 341 g/mol. The van der Waals surface area contributed by atoms with E-state index in [0.717, 1.165) is 32.3 Å². The Morgan fingerprint density at radius 3 is 2.72 bits per heavy atom. The lowest BCUT2D eigenvalue weighted by molar-refractivity contribution is 0.114. The summed E-state index contributed by atoms with van der Waals surface area (Å²) in [5.41, 5.74) is 0. The molecule has 0 aromatic rings. The molecule has 18 heavy (non-hydrogen) atoms. The third-order valence-corrected chi connectivity index (χ3v) is 3.79. The predicted octanol–water partition coefficient (Wildman–Crippen LogP) is 2.09. The highest BCUT2D eigenvalue weighted by atomic mass is 127. The molecule has 1 heterocycles. The first kappa shape index (κ1) is 16.0. The number of halogens is 1. The van der Waals surface area contributed by atoms with Gasteiger partial charge in [0.25, 0.3) is 0 Å². The average Bonchev–Trinajstić information content (AvgIpc) is 2.74. The van der Waals surface area contributed by atoms with Crippen LogP contribution in [0.3, 0.4) is 0 Å². The van der Waals surface area contributed by atoms with Gasteiger partial charge >= 0.3 is 0 Å². The van der Waals surface area contributed by atoms with E-state index in [1.165, 1.54) is 25.7 Å². The highest BCUT2D eigenvalue weighted by Crippen LogP contribution is 2.20. The van der Waals surface area contributed by atoms with E-state index >= 15 is 0 Å². The minimum Gasteiger partial charge on any atom is -0.381 e. The summed E-state index contributed by atoms with van der Waals surface area (Å²) in [6.45, 7) is 5.99. The second-order valence-corrected chi connectivity index (χ2v) is 5.08. The summed E-state index contributed by atoms with van der Waals surface area (Å²) in [6.07, 6.45) is 5.19. The van der Waals surface area contributed by atoms with Crippen LogP contribution in [0.1, 0.15) is 32.6 Å². The lowest BCUT2D eigenvalue weighted by Gasteiger charge is -2.31. The summed E-state index contributed by atoms with van der Waals surface area (Å²) < 4.78 is 5.51. The molecule has 0 bridgehead atoms. The fraction of sp³-hybridized carbons (Fsp3) is 0.923. The lowest BCUT2D eigenvalue weighted by atomic mass is 9.93. The number of aliphatic imine (C=N–C) groups is 1. The number of hydrogen-bond donors (Lipinski definition) is 1. The number of ether oxygens (including phenoxy) is 1. The van der Waals surface area contributed by atoms with Crippen molar-refractivity contribution in [3.63, 3.8) is 0 Å². The first-order valence-corrected chi connectivity index (χ1v) is 6.89. The van der Waals surface area contributed by atoms with Crippen LogP contribution in [-0.4, -0.2) is 50.3 Å². The molecule has 1 atom stereocenters. The number of hydrogen-bond acceptors (Lipinski definition) is 2. The van der Waals surface area contributed by atoms with Gasteiger partial charge in [-0.25, -0.2) is 0 Å². The van der Waals surface area contributed by atoms with Crippen LogP contribution in [0.4, 0.5) is 0 Å². The zero-order valence-electron chi connectivity index (χ0n) is 11.5. The second kappa shape index (κ2) is 8.19. The van der Waals surface area contributed by atoms with E-state index in [-0.39, 0.29) is 24.0 Å². The Bertz CT molecular complexity index is 269. The largest absolute Gasteiger partial charge is 0.381 e. The molecule has 2 aliphatic rings. The van der Waals surface area contributed by atoms with E-state index in [1.807, 2.05) is 7.05 Å². The predicted molar refractivity (Wildman–Crippen MR) is 85.7 cm³/mol. The Balaban J connectivity index is 0.00000162. The van der Waals surface area contributed by atoms with Gasteiger partial charge in [-0.05, 0) is 32.6 Å². The van der Waals surface area contributed by atoms with Gasteiger partial charge in [0.2, 0.25) is 0 Å². The van der Waals surface area contributed by atoms with Gasteiger partial charge in [-0.1, -0.05) is 0 Å². The Kier molecular flexibility index (Phi) is 7.29.